The Balaban J connectivity index is 2.88. The molecule has 17 heavy (non-hydrogen) atoms. The zero-order chi connectivity index (χ0) is 13.0. The molecule has 96 valence electrons. The maximum Gasteiger partial charge on any atom is 0.255 e. The molecular formula is C12H18F2N2O. The fourth-order valence-corrected chi connectivity index (χ4v) is 1.60. The second kappa shape index (κ2) is 5.82. The van der Waals surface area contributed by atoms with Crippen LogP contribution in [0.5, 0.6) is 5.75 Å². The highest BCUT2D eigenvalue weighted by Gasteiger charge is 2.12. The minimum absolute atomic E-state index is 0.0180. The fourth-order valence-electron chi connectivity index (χ4n) is 1.60. The molecule has 1 rings (SSSR count). The molecule has 0 spiro atoms. The number of benzene rings is 1. The number of phenolic OH excluding ortho intramolecular Hbond substituents is 1. The van der Waals surface area contributed by atoms with Gasteiger partial charge in [-0.3, -0.25) is 0 Å². The van der Waals surface area contributed by atoms with Crippen molar-refractivity contribution in [3.8, 4) is 5.75 Å². The van der Waals surface area contributed by atoms with Crippen LogP contribution in [-0.4, -0.2) is 32.2 Å². The second-order valence-corrected chi connectivity index (χ2v) is 4.03. The summed E-state index contributed by atoms with van der Waals surface area (Å²) in [6.45, 7) is 1.57. The Labute approximate surface area is 100 Å². The van der Waals surface area contributed by atoms with Crippen LogP contribution in [0.2, 0.25) is 0 Å². The number of nitrogens with one attached hydrogen (secondary N) is 1. The third-order valence-electron chi connectivity index (χ3n) is 2.77. The zero-order valence-electron chi connectivity index (χ0n) is 10.2. The summed E-state index contributed by atoms with van der Waals surface area (Å²) in [4.78, 5) is 1.41. The molecule has 0 fully saturated rings. The van der Waals surface area contributed by atoms with E-state index in [9.17, 15) is 13.9 Å². The molecule has 1 unspecified atom stereocenters. The van der Waals surface area contributed by atoms with E-state index >= 15 is 0 Å². The largest absolute Gasteiger partial charge is 0.508 e. The lowest BCUT2D eigenvalue weighted by molar-refractivity contribution is 0.156. The summed E-state index contributed by atoms with van der Waals surface area (Å²) >= 11 is 0. The van der Waals surface area contributed by atoms with Crippen LogP contribution in [0.4, 0.5) is 14.5 Å². The van der Waals surface area contributed by atoms with Gasteiger partial charge in [-0.15, -0.1) is 0 Å². The molecule has 0 bridgehead atoms. The number of anilines is 1. The average molecular weight is 244 g/mol. The van der Waals surface area contributed by atoms with Gasteiger partial charge in [0, 0.05) is 30.4 Å². The lowest BCUT2D eigenvalue weighted by Crippen LogP contribution is -2.24. The Morgan fingerprint density at radius 1 is 1.41 bits per heavy atom. The molecule has 0 radical (unpaired) electrons. The molecule has 0 aromatic heterocycles. The summed E-state index contributed by atoms with van der Waals surface area (Å²) in [7, 11) is 3.36. The van der Waals surface area contributed by atoms with Gasteiger partial charge in [-0.2, -0.15) is 0 Å². The number of hydrogen-bond acceptors (Lipinski definition) is 3. The van der Waals surface area contributed by atoms with Crippen molar-refractivity contribution in [1.29, 1.82) is 0 Å². The van der Waals surface area contributed by atoms with Crippen molar-refractivity contribution in [1.82, 2.24) is 5.32 Å². The zero-order valence-corrected chi connectivity index (χ0v) is 10.2. The first-order valence-corrected chi connectivity index (χ1v) is 5.45. The van der Waals surface area contributed by atoms with Gasteiger partial charge in [-0.25, -0.2) is 8.78 Å². The van der Waals surface area contributed by atoms with E-state index in [0.29, 0.717) is 5.69 Å². The fraction of sp³-hybridized carbons (Fsp3) is 0.500. The first-order chi connectivity index (χ1) is 7.95. The lowest BCUT2D eigenvalue weighted by atomic mass is 10.1. The third kappa shape index (κ3) is 3.56. The minimum Gasteiger partial charge on any atom is -0.508 e. The van der Waals surface area contributed by atoms with Crippen molar-refractivity contribution in [3.05, 3.63) is 23.8 Å². The predicted octanol–water partition coefficient (Wildman–Crippen LogP) is 2.37. The molecule has 0 heterocycles. The SMILES string of the molecule is CNC(C)c1ccc(N(C)CC(F)F)cc1O. The van der Waals surface area contributed by atoms with Gasteiger partial charge < -0.3 is 15.3 Å². The smallest absolute Gasteiger partial charge is 0.255 e. The van der Waals surface area contributed by atoms with Crippen LogP contribution in [0, 0.1) is 0 Å². The van der Waals surface area contributed by atoms with Gasteiger partial charge in [0.05, 0.1) is 6.54 Å². The summed E-state index contributed by atoms with van der Waals surface area (Å²) in [6, 6.07) is 4.99. The molecule has 3 nitrogen and oxygen atoms in total. The van der Waals surface area contributed by atoms with Crippen molar-refractivity contribution in [2.24, 2.45) is 0 Å². The Kier molecular flexibility index (Phi) is 4.69. The monoisotopic (exact) mass is 244 g/mol. The first-order valence-electron chi connectivity index (χ1n) is 5.45. The van der Waals surface area contributed by atoms with Gasteiger partial charge in [0.25, 0.3) is 6.43 Å². The Morgan fingerprint density at radius 3 is 2.53 bits per heavy atom. The van der Waals surface area contributed by atoms with E-state index in [1.54, 1.807) is 26.2 Å². The van der Waals surface area contributed by atoms with Gasteiger partial charge in [0.1, 0.15) is 5.75 Å². The summed E-state index contributed by atoms with van der Waals surface area (Å²) in [5.41, 5.74) is 1.33. The minimum atomic E-state index is -2.39. The highest BCUT2D eigenvalue weighted by molar-refractivity contribution is 5.53. The second-order valence-electron chi connectivity index (χ2n) is 4.03. The van der Waals surface area contributed by atoms with Gasteiger partial charge in [-0.05, 0) is 20.0 Å². The van der Waals surface area contributed by atoms with E-state index in [2.05, 4.69) is 5.32 Å². The van der Waals surface area contributed by atoms with Gasteiger partial charge in [0.15, 0.2) is 0 Å². The van der Waals surface area contributed by atoms with Crippen LogP contribution >= 0.6 is 0 Å². The first kappa shape index (κ1) is 13.7. The number of hydrogen-bond donors (Lipinski definition) is 2. The van der Waals surface area contributed by atoms with Crippen molar-refractivity contribution >= 4 is 5.69 Å². The number of halogens is 2. The number of nitrogens with zero attached hydrogens (tertiary/aromatic N) is 1. The maximum atomic E-state index is 12.2. The third-order valence-corrected chi connectivity index (χ3v) is 2.77. The Bertz CT molecular complexity index is 372. The van der Waals surface area contributed by atoms with Crippen LogP contribution in [-0.2, 0) is 0 Å². The maximum absolute atomic E-state index is 12.2. The standard InChI is InChI=1S/C12H18F2N2O/c1-8(15-2)10-5-4-9(6-11(10)17)16(3)7-12(13)14/h4-6,8,12,15,17H,7H2,1-3H3. The highest BCUT2D eigenvalue weighted by atomic mass is 19.3. The van der Waals surface area contributed by atoms with E-state index < -0.39 is 6.43 Å². The molecule has 0 saturated heterocycles. The van der Waals surface area contributed by atoms with Crippen molar-refractivity contribution in [2.45, 2.75) is 19.4 Å². The Morgan fingerprint density at radius 2 is 2.06 bits per heavy atom. The van der Waals surface area contributed by atoms with E-state index in [4.69, 9.17) is 0 Å². The predicted molar refractivity (Wildman–Crippen MR) is 64.9 cm³/mol. The molecule has 1 aromatic carbocycles. The normalized spacial score (nSPS) is 12.8. The molecule has 2 N–H and O–H groups in total. The number of alkyl halides is 2. The molecule has 1 aromatic rings. The van der Waals surface area contributed by atoms with E-state index in [1.165, 1.54) is 11.0 Å². The average Bonchev–Trinajstić information content (AvgIpc) is 2.27. The molecular weight excluding hydrogens is 226 g/mol. The van der Waals surface area contributed by atoms with Gasteiger partial charge >= 0.3 is 0 Å². The van der Waals surface area contributed by atoms with Gasteiger partial charge in [0.2, 0.25) is 0 Å². The summed E-state index contributed by atoms with van der Waals surface area (Å²) in [6.07, 6.45) is -2.39. The molecule has 5 heteroatoms. The molecule has 0 aliphatic carbocycles. The summed E-state index contributed by atoms with van der Waals surface area (Å²) < 4.78 is 24.4. The Hall–Kier alpha value is -1.36. The molecule has 0 aliphatic rings. The number of aromatic hydroxyl groups is 1. The van der Waals surface area contributed by atoms with E-state index in [-0.39, 0.29) is 18.3 Å². The van der Waals surface area contributed by atoms with Crippen LogP contribution in [0.3, 0.4) is 0 Å². The van der Waals surface area contributed by atoms with E-state index in [1.807, 2.05) is 6.92 Å². The molecule has 1 atom stereocenters. The van der Waals surface area contributed by atoms with Crippen molar-refractivity contribution in [2.75, 3.05) is 25.5 Å². The van der Waals surface area contributed by atoms with Gasteiger partial charge in [-0.1, -0.05) is 6.07 Å². The highest BCUT2D eigenvalue weighted by Crippen LogP contribution is 2.28. The lowest BCUT2D eigenvalue weighted by Gasteiger charge is -2.20. The number of rotatable bonds is 5. The number of phenols is 1. The molecule has 0 amide bonds. The quantitative estimate of drug-likeness (QED) is 0.834. The van der Waals surface area contributed by atoms with Crippen LogP contribution < -0.4 is 10.2 Å². The van der Waals surface area contributed by atoms with Crippen LogP contribution in [0.1, 0.15) is 18.5 Å². The summed E-state index contributed by atoms with van der Waals surface area (Å²) in [5, 5.41) is 12.8. The summed E-state index contributed by atoms with van der Waals surface area (Å²) in [5.74, 6) is 0.116. The van der Waals surface area contributed by atoms with Crippen molar-refractivity contribution in [3.63, 3.8) is 0 Å². The van der Waals surface area contributed by atoms with Crippen LogP contribution in [0.15, 0.2) is 18.2 Å². The van der Waals surface area contributed by atoms with Crippen LogP contribution in [0.25, 0.3) is 0 Å². The molecule has 0 aliphatic heterocycles. The van der Waals surface area contributed by atoms with E-state index in [0.717, 1.165) is 5.56 Å². The van der Waals surface area contributed by atoms with Crippen molar-refractivity contribution < 1.29 is 13.9 Å². The topological polar surface area (TPSA) is 35.5 Å². The molecule has 0 saturated carbocycles.